The summed E-state index contributed by atoms with van der Waals surface area (Å²) in [4.78, 5) is 3.96. The highest BCUT2D eigenvalue weighted by Gasteiger charge is 2.48. The van der Waals surface area contributed by atoms with Crippen LogP contribution in [0.2, 0.25) is 0 Å². The van der Waals surface area contributed by atoms with Crippen molar-refractivity contribution in [2.24, 2.45) is 5.14 Å². The third-order valence-electron chi connectivity index (χ3n) is 4.39. The largest absolute Gasteiger partial charge is 0.438 e. The maximum Gasteiger partial charge on any atom is 0.432 e. The molecule has 0 saturated heterocycles. The molecule has 4 rings (SSSR count). The minimum atomic E-state index is -4.70. The Labute approximate surface area is 161 Å². The van der Waals surface area contributed by atoms with E-state index in [4.69, 9.17) is 9.56 Å². The molecule has 4 N–H and O–H groups in total. The molecule has 0 saturated carbocycles. The monoisotopic (exact) mass is 428 g/mol. The SMILES string of the molecule is NS(=O)(=O)c1ccc(C2(c3nc4ccc(F)cc4o3)C=C(C(F)(F)F)NN2)cc1. The number of primary sulfonamides is 1. The Hall–Kier alpha value is -2.96. The summed E-state index contributed by atoms with van der Waals surface area (Å²) in [6.07, 6.45) is -3.88. The highest BCUT2D eigenvalue weighted by atomic mass is 32.2. The van der Waals surface area contributed by atoms with Crippen LogP contribution in [0.4, 0.5) is 17.6 Å². The second kappa shape index (κ2) is 6.27. The first-order valence-electron chi connectivity index (χ1n) is 8.02. The standard InChI is InChI=1S/C17H12F4N4O3S/c18-10-3-6-12-13(7-10)28-15(23-12)16(8-14(24-25-16)17(19,20)21)9-1-4-11(5-2-9)29(22,26)27/h1-8,24-25H,(H2,22,26,27). The van der Waals surface area contributed by atoms with Crippen molar-refractivity contribution in [3.05, 3.63) is 71.5 Å². The van der Waals surface area contributed by atoms with Crippen LogP contribution in [-0.4, -0.2) is 19.6 Å². The van der Waals surface area contributed by atoms with Gasteiger partial charge in [-0.15, -0.1) is 0 Å². The smallest absolute Gasteiger partial charge is 0.432 e. The van der Waals surface area contributed by atoms with Gasteiger partial charge in [0.05, 0.1) is 4.90 Å². The predicted molar refractivity (Wildman–Crippen MR) is 93.0 cm³/mol. The van der Waals surface area contributed by atoms with Gasteiger partial charge in [0.1, 0.15) is 17.0 Å². The lowest BCUT2D eigenvalue weighted by Gasteiger charge is -2.24. The van der Waals surface area contributed by atoms with Gasteiger partial charge in [-0.2, -0.15) is 13.2 Å². The summed E-state index contributed by atoms with van der Waals surface area (Å²) in [6.45, 7) is 0. The third kappa shape index (κ3) is 3.34. The number of nitrogens with two attached hydrogens (primary N) is 1. The van der Waals surface area contributed by atoms with Crippen molar-refractivity contribution in [2.45, 2.75) is 16.6 Å². The molecule has 0 radical (unpaired) electrons. The van der Waals surface area contributed by atoms with Crippen LogP contribution in [0.25, 0.3) is 11.1 Å². The van der Waals surface area contributed by atoms with Crippen molar-refractivity contribution in [3.8, 4) is 0 Å². The summed E-state index contributed by atoms with van der Waals surface area (Å²) in [6, 6.07) is 8.37. The van der Waals surface area contributed by atoms with Crippen molar-refractivity contribution < 1.29 is 30.4 Å². The zero-order valence-corrected chi connectivity index (χ0v) is 15.1. The Morgan fingerprint density at radius 1 is 1.10 bits per heavy atom. The van der Waals surface area contributed by atoms with Gasteiger partial charge in [0.25, 0.3) is 0 Å². The number of oxazole rings is 1. The zero-order valence-electron chi connectivity index (χ0n) is 14.3. The number of rotatable bonds is 3. The highest BCUT2D eigenvalue weighted by molar-refractivity contribution is 7.89. The average molecular weight is 428 g/mol. The number of hydrazine groups is 1. The molecule has 0 spiro atoms. The van der Waals surface area contributed by atoms with Crippen molar-refractivity contribution in [3.63, 3.8) is 0 Å². The number of alkyl halides is 3. The Bertz CT molecular complexity index is 1240. The topological polar surface area (TPSA) is 110 Å². The fourth-order valence-electron chi connectivity index (χ4n) is 2.98. The normalized spacial score (nSPS) is 20.0. The highest BCUT2D eigenvalue weighted by Crippen LogP contribution is 2.39. The molecule has 3 aromatic rings. The van der Waals surface area contributed by atoms with Crippen molar-refractivity contribution in [2.75, 3.05) is 0 Å². The van der Waals surface area contributed by atoms with E-state index in [0.29, 0.717) is 0 Å². The molecule has 1 aromatic heterocycles. The van der Waals surface area contributed by atoms with Crippen LogP contribution < -0.4 is 16.0 Å². The number of benzene rings is 2. The van der Waals surface area contributed by atoms with Crippen LogP contribution in [0.1, 0.15) is 11.5 Å². The first kappa shape index (κ1) is 19.4. The minimum Gasteiger partial charge on any atom is -0.438 e. The summed E-state index contributed by atoms with van der Waals surface area (Å²) in [5.74, 6) is -0.802. The third-order valence-corrected chi connectivity index (χ3v) is 5.32. The second-order valence-electron chi connectivity index (χ2n) is 6.31. The number of aromatic nitrogens is 1. The zero-order chi connectivity index (χ0) is 21.0. The molecular formula is C17H12F4N4O3S. The van der Waals surface area contributed by atoms with Crippen LogP contribution in [0, 0.1) is 5.82 Å². The number of allylic oxidation sites excluding steroid dienone is 1. The van der Waals surface area contributed by atoms with Crippen LogP contribution in [0.3, 0.4) is 0 Å². The van der Waals surface area contributed by atoms with E-state index in [1.165, 1.54) is 18.2 Å². The van der Waals surface area contributed by atoms with E-state index < -0.39 is 33.3 Å². The van der Waals surface area contributed by atoms with Gasteiger partial charge in [0.2, 0.25) is 15.9 Å². The number of sulfonamides is 1. The molecule has 7 nitrogen and oxygen atoms in total. The molecule has 0 fully saturated rings. The fourth-order valence-corrected chi connectivity index (χ4v) is 3.49. The molecule has 0 amide bonds. The first-order valence-corrected chi connectivity index (χ1v) is 9.57. The van der Waals surface area contributed by atoms with E-state index in [0.717, 1.165) is 30.3 Å². The molecule has 2 heterocycles. The van der Waals surface area contributed by atoms with Gasteiger partial charge in [-0.3, -0.25) is 0 Å². The number of fused-ring (bicyclic) bond motifs is 1. The number of hydrogen-bond donors (Lipinski definition) is 3. The van der Waals surface area contributed by atoms with Gasteiger partial charge in [-0.1, -0.05) is 12.1 Å². The van der Waals surface area contributed by atoms with Gasteiger partial charge < -0.3 is 9.84 Å². The van der Waals surface area contributed by atoms with E-state index in [2.05, 4.69) is 15.8 Å². The van der Waals surface area contributed by atoms with Gasteiger partial charge in [0.15, 0.2) is 11.1 Å². The maximum absolute atomic E-state index is 13.5. The summed E-state index contributed by atoms with van der Waals surface area (Å²) >= 11 is 0. The van der Waals surface area contributed by atoms with Crippen molar-refractivity contribution in [1.29, 1.82) is 0 Å². The molecule has 0 bridgehead atoms. The number of nitrogens with zero attached hydrogens (tertiary/aromatic N) is 1. The predicted octanol–water partition coefficient (Wildman–Crippen LogP) is 2.41. The quantitative estimate of drug-likeness (QED) is 0.553. The number of halogens is 4. The van der Waals surface area contributed by atoms with Crippen LogP contribution >= 0.6 is 0 Å². The molecule has 2 aromatic carbocycles. The lowest BCUT2D eigenvalue weighted by molar-refractivity contribution is -0.0965. The molecule has 1 aliphatic rings. The van der Waals surface area contributed by atoms with E-state index in [1.54, 1.807) is 0 Å². The van der Waals surface area contributed by atoms with Crippen molar-refractivity contribution >= 4 is 21.1 Å². The molecule has 1 unspecified atom stereocenters. The first-order chi connectivity index (χ1) is 13.5. The van der Waals surface area contributed by atoms with E-state index in [1.807, 2.05) is 0 Å². The van der Waals surface area contributed by atoms with Gasteiger partial charge >= 0.3 is 6.18 Å². The van der Waals surface area contributed by atoms with Crippen LogP contribution in [-0.2, 0) is 15.6 Å². The minimum absolute atomic E-state index is 0.0381. The van der Waals surface area contributed by atoms with Gasteiger partial charge in [0, 0.05) is 6.07 Å². The molecule has 12 heteroatoms. The van der Waals surface area contributed by atoms with E-state index in [-0.39, 0.29) is 27.4 Å². The lowest BCUT2D eigenvalue weighted by atomic mass is 9.90. The second-order valence-corrected chi connectivity index (χ2v) is 7.88. The fraction of sp³-hybridized carbons (Fsp3) is 0.118. The molecule has 152 valence electrons. The molecule has 29 heavy (non-hydrogen) atoms. The molecular weight excluding hydrogens is 416 g/mol. The summed E-state index contributed by atoms with van der Waals surface area (Å²) in [7, 11) is -4.00. The van der Waals surface area contributed by atoms with Crippen LogP contribution in [0.5, 0.6) is 0 Å². The maximum atomic E-state index is 13.5. The molecule has 1 atom stereocenters. The van der Waals surface area contributed by atoms with Gasteiger partial charge in [-0.25, -0.2) is 28.4 Å². The van der Waals surface area contributed by atoms with Crippen LogP contribution in [0.15, 0.2) is 63.6 Å². The summed E-state index contributed by atoms with van der Waals surface area (Å²) in [5, 5.41) is 5.07. The Balaban J connectivity index is 1.92. The van der Waals surface area contributed by atoms with E-state index >= 15 is 0 Å². The van der Waals surface area contributed by atoms with E-state index in [9.17, 15) is 26.0 Å². The Morgan fingerprint density at radius 3 is 2.38 bits per heavy atom. The van der Waals surface area contributed by atoms with Crippen molar-refractivity contribution in [1.82, 2.24) is 15.8 Å². The Morgan fingerprint density at radius 2 is 1.79 bits per heavy atom. The Kier molecular flexibility index (Phi) is 4.19. The van der Waals surface area contributed by atoms with Gasteiger partial charge in [-0.05, 0) is 35.9 Å². The summed E-state index contributed by atoms with van der Waals surface area (Å²) < 4.78 is 81.7. The molecule has 0 aliphatic carbocycles. The molecule has 1 aliphatic heterocycles. The lowest BCUT2D eigenvalue weighted by Crippen LogP contribution is -2.44. The average Bonchev–Trinajstić information content (AvgIpc) is 3.25. The summed E-state index contributed by atoms with van der Waals surface area (Å²) in [5.41, 5.74) is 2.18. The number of nitrogens with one attached hydrogen (secondary N) is 2. The number of hydrogen-bond acceptors (Lipinski definition) is 6.